The molecular weight excluding hydrogens is 827 g/mol. The Balaban J connectivity index is 1.64. The Bertz CT molecular complexity index is 2950. The van der Waals surface area contributed by atoms with Crippen LogP contribution in [0, 0.1) is 27.7 Å². The first-order chi connectivity index (χ1) is 28.1. The van der Waals surface area contributed by atoms with E-state index in [2.05, 4.69) is 42.5 Å². The molecule has 0 heterocycles. The molecule has 0 spiro atoms. The van der Waals surface area contributed by atoms with Crippen LogP contribution >= 0.6 is 31.1 Å². The van der Waals surface area contributed by atoms with Crippen molar-refractivity contribution >= 4 is 78.7 Å². The predicted molar refractivity (Wildman–Crippen MR) is 241 cm³/mol. The van der Waals surface area contributed by atoms with Crippen LogP contribution in [0.3, 0.4) is 0 Å². The molecular formula is C49H36Cl2F3O3PS. The number of halogens is 5. The van der Waals surface area contributed by atoms with E-state index in [9.17, 15) is 21.6 Å². The zero-order chi connectivity index (χ0) is 41.8. The quantitative estimate of drug-likeness (QED) is 0.0868. The Morgan fingerprint density at radius 1 is 0.508 bits per heavy atom. The lowest BCUT2D eigenvalue weighted by atomic mass is 9.87. The highest BCUT2D eigenvalue weighted by atomic mass is 35.5. The van der Waals surface area contributed by atoms with Gasteiger partial charge in [-0.25, -0.2) is 0 Å². The Morgan fingerprint density at radius 2 is 0.932 bits per heavy atom. The molecule has 0 atom stereocenters. The SMILES string of the molecule is Cc1cc(C)cc(P(c2cc(C)cc(C)c2)c2cc(-c3ccccc3)c3cc(Cl)ccc3c2-c2c(OS(=O)(=O)C(F)(F)F)cc(-c3ccccc3)c3cc(Cl)ccc23)c1. The molecule has 0 radical (unpaired) electrons. The van der Waals surface area contributed by atoms with Gasteiger partial charge in [-0.1, -0.05) is 155 Å². The monoisotopic (exact) mass is 862 g/mol. The average molecular weight is 864 g/mol. The molecule has 10 heteroatoms. The Labute approximate surface area is 352 Å². The summed E-state index contributed by atoms with van der Waals surface area (Å²) in [5.41, 5.74) is 1.97. The van der Waals surface area contributed by atoms with Crippen molar-refractivity contribution in [3.8, 4) is 39.1 Å². The van der Waals surface area contributed by atoms with Crippen molar-refractivity contribution in [1.29, 1.82) is 0 Å². The van der Waals surface area contributed by atoms with Crippen LogP contribution < -0.4 is 20.1 Å². The molecule has 0 aliphatic rings. The molecule has 0 saturated heterocycles. The summed E-state index contributed by atoms with van der Waals surface area (Å²) in [5.74, 6) is -0.475. The van der Waals surface area contributed by atoms with E-state index in [-0.39, 0.29) is 5.56 Å². The van der Waals surface area contributed by atoms with Crippen molar-refractivity contribution in [2.24, 2.45) is 0 Å². The summed E-state index contributed by atoms with van der Waals surface area (Å²) >= 11 is 13.5. The van der Waals surface area contributed by atoms with Gasteiger partial charge in [-0.2, -0.15) is 21.6 Å². The van der Waals surface area contributed by atoms with Crippen LogP contribution in [0.25, 0.3) is 54.9 Å². The van der Waals surface area contributed by atoms with E-state index in [1.807, 2.05) is 76.2 Å². The highest BCUT2D eigenvalue weighted by molar-refractivity contribution is 7.88. The summed E-state index contributed by atoms with van der Waals surface area (Å²) in [5, 5.41) is 6.04. The van der Waals surface area contributed by atoms with Gasteiger partial charge in [-0.3, -0.25) is 0 Å². The van der Waals surface area contributed by atoms with Gasteiger partial charge in [0.15, 0.2) is 5.75 Å². The smallest absolute Gasteiger partial charge is 0.375 e. The summed E-state index contributed by atoms with van der Waals surface area (Å²) in [7, 11) is -7.68. The lowest BCUT2D eigenvalue weighted by molar-refractivity contribution is -0.0499. The van der Waals surface area contributed by atoms with Crippen LogP contribution in [-0.4, -0.2) is 13.9 Å². The van der Waals surface area contributed by atoms with E-state index in [1.54, 1.807) is 48.5 Å². The molecule has 0 bridgehead atoms. The zero-order valence-electron chi connectivity index (χ0n) is 32.3. The molecule has 296 valence electrons. The largest absolute Gasteiger partial charge is 0.534 e. The second-order valence-electron chi connectivity index (χ2n) is 14.7. The van der Waals surface area contributed by atoms with Crippen LogP contribution in [-0.2, 0) is 10.1 Å². The van der Waals surface area contributed by atoms with Crippen molar-refractivity contribution in [3.63, 3.8) is 0 Å². The summed E-state index contributed by atoms with van der Waals surface area (Å²) in [6.07, 6.45) is 0. The summed E-state index contributed by atoms with van der Waals surface area (Å²) in [4.78, 5) is 0. The fourth-order valence-corrected chi connectivity index (χ4v) is 11.7. The summed E-state index contributed by atoms with van der Waals surface area (Å²) < 4.78 is 75.1. The molecule has 0 amide bonds. The van der Waals surface area contributed by atoms with Gasteiger partial charge in [0.05, 0.1) is 0 Å². The topological polar surface area (TPSA) is 43.4 Å². The van der Waals surface area contributed by atoms with E-state index in [1.165, 1.54) is 6.07 Å². The predicted octanol–water partition coefficient (Wildman–Crippen LogP) is 13.5. The molecule has 0 saturated carbocycles. The number of hydrogen-bond donors (Lipinski definition) is 0. The van der Waals surface area contributed by atoms with Crippen molar-refractivity contribution in [3.05, 3.63) is 178 Å². The minimum Gasteiger partial charge on any atom is -0.375 e. The van der Waals surface area contributed by atoms with Crippen LogP contribution in [0.4, 0.5) is 13.2 Å². The zero-order valence-corrected chi connectivity index (χ0v) is 35.5. The minimum absolute atomic E-state index is 0.173. The number of benzene rings is 8. The van der Waals surface area contributed by atoms with Gasteiger partial charge in [0, 0.05) is 21.2 Å². The average Bonchev–Trinajstić information content (AvgIpc) is 3.17. The van der Waals surface area contributed by atoms with E-state index < -0.39 is 29.3 Å². The van der Waals surface area contributed by atoms with Gasteiger partial charge >= 0.3 is 15.6 Å². The fraction of sp³-hybridized carbons (Fsp3) is 0.102. The van der Waals surface area contributed by atoms with E-state index >= 15 is 0 Å². The molecule has 8 aromatic rings. The highest BCUT2D eigenvalue weighted by Crippen LogP contribution is 2.51. The number of hydrogen-bond acceptors (Lipinski definition) is 3. The maximum atomic E-state index is 14.4. The number of alkyl halides is 3. The van der Waals surface area contributed by atoms with Crippen molar-refractivity contribution in [2.75, 3.05) is 0 Å². The Morgan fingerprint density at radius 3 is 1.37 bits per heavy atom. The lowest BCUT2D eigenvalue weighted by Crippen LogP contribution is -2.28. The van der Waals surface area contributed by atoms with Crippen molar-refractivity contribution in [2.45, 2.75) is 33.2 Å². The second kappa shape index (κ2) is 15.8. The number of aryl methyl sites for hydroxylation is 4. The second-order valence-corrected chi connectivity index (χ2v) is 19.3. The third-order valence-electron chi connectivity index (χ3n) is 10.2. The van der Waals surface area contributed by atoms with Gasteiger partial charge in [-0.15, -0.1) is 0 Å². The molecule has 0 N–H and O–H groups in total. The van der Waals surface area contributed by atoms with Crippen LogP contribution in [0.2, 0.25) is 10.0 Å². The molecule has 0 fully saturated rings. The molecule has 0 aromatic heterocycles. The van der Waals surface area contributed by atoms with Crippen LogP contribution in [0.5, 0.6) is 5.75 Å². The van der Waals surface area contributed by atoms with Gasteiger partial charge < -0.3 is 4.18 Å². The van der Waals surface area contributed by atoms with E-state index in [4.69, 9.17) is 27.4 Å². The standard InChI is InChI=1S/C49H36Cl2F3O3PS/c1-29-19-30(2)22-37(21-29)58(38-23-31(3)20-32(4)24-38)46-28-42(34-13-9-6-10-14-34)44-26-36(51)16-18-40(44)48(46)47-39-17-15-35(50)25-43(39)41(33-11-7-5-8-12-33)27-45(47)57-59(55,56)49(52,53)54/h5-28H,1-4H3. The van der Waals surface area contributed by atoms with E-state index in [0.29, 0.717) is 42.9 Å². The molecule has 0 unspecified atom stereocenters. The minimum atomic E-state index is -6.17. The lowest BCUT2D eigenvalue weighted by Gasteiger charge is -2.28. The van der Waals surface area contributed by atoms with Crippen molar-refractivity contribution in [1.82, 2.24) is 0 Å². The molecule has 8 rings (SSSR count). The first kappa shape index (κ1) is 40.6. The maximum Gasteiger partial charge on any atom is 0.534 e. The number of fused-ring (bicyclic) bond motifs is 2. The van der Waals surface area contributed by atoms with E-state index in [0.717, 1.165) is 54.7 Å². The first-order valence-electron chi connectivity index (χ1n) is 18.7. The van der Waals surface area contributed by atoms with Crippen LogP contribution in [0.1, 0.15) is 22.3 Å². The van der Waals surface area contributed by atoms with Gasteiger partial charge in [0.1, 0.15) is 0 Å². The number of rotatable bonds is 8. The highest BCUT2D eigenvalue weighted by Gasteiger charge is 2.49. The third-order valence-corrected chi connectivity index (χ3v) is 14.0. The van der Waals surface area contributed by atoms with Gasteiger partial charge in [-0.05, 0) is 132 Å². The summed E-state index contributed by atoms with van der Waals surface area (Å²) in [6.45, 7) is 8.16. The molecule has 0 aliphatic heterocycles. The Hall–Kier alpha value is -5.17. The van der Waals surface area contributed by atoms with Gasteiger partial charge in [0.25, 0.3) is 0 Å². The molecule has 8 aromatic carbocycles. The normalized spacial score (nSPS) is 12.1. The van der Waals surface area contributed by atoms with Crippen molar-refractivity contribution < 1.29 is 25.8 Å². The Kier molecular flexibility index (Phi) is 10.9. The maximum absolute atomic E-state index is 14.4. The van der Waals surface area contributed by atoms with Gasteiger partial charge in [0.2, 0.25) is 0 Å². The molecule has 59 heavy (non-hydrogen) atoms. The fourth-order valence-electron chi connectivity index (χ4n) is 7.98. The third kappa shape index (κ3) is 7.97. The molecule has 3 nitrogen and oxygen atoms in total. The summed E-state index contributed by atoms with van der Waals surface area (Å²) in [6, 6.07) is 45.7. The first-order valence-corrected chi connectivity index (χ1v) is 22.2. The van der Waals surface area contributed by atoms with Crippen LogP contribution in [0.15, 0.2) is 146 Å². The molecule has 0 aliphatic carbocycles.